The number of hydrogen-bond donors (Lipinski definition) is 1. The third-order valence-corrected chi connectivity index (χ3v) is 5.46. The van der Waals surface area contributed by atoms with Crippen LogP contribution >= 0.6 is 35.0 Å². The maximum absolute atomic E-state index is 12.1. The summed E-state index contributed by atoms with van der Waals surface area (Å²) in [6, 6.07) is 12.8. The van der Waals surface area contributed by atoms with E-state index in [4.69, 9.17) is 27.9 Å². The molecular weight excluding hydrogens is 393 g/mol. The number of nitrogens with zero attached hydrogens (tertiary/aromatic N) is 2. The van der Waals surface area contributed by atoms with Crippen LogP contribution in [0.25, 0.3) is 0 Å². The molecule has 1 amide bonds. The number of amidine groups is 1. The monoisotopic (exact) mass is 407 g/mol. The Bertz CT molecular complexity index is 869. The van der Waals surface area contributed by atoms with Crippen molar-refractivity contribution in [3.63, 3.8) is 0 Å². The molecule has 1 fully saturated rings. The average Bonchev–Trinajstić information content (AvgIpc) is 2.98. The first kappa shape index (κ1) is 18.8. The van der Waals surface area contributed by atoms with Crippen molar-refractivity contribution >= 4 is 52.3 Å². The highest BCUT2D eigenvalue weighted by Gasteiger charge is 2.30. The van der Waals surface area contributed by atoms with Crippen molar-refractivity contribution in [3.8, 4) is 5.75 Å². The van der Waals surface area contributed by atoms with Gasteiger partial charge < -0.3 is 10.1 Å². The number of methoxy groups -OCH3 is 1. The first-order valence-corrected chi connectivity index (χ1v) is 9.35. The van der Waals surface area contributed by atoms with E-state index in [0.29, 0.717) is 21.6 Å². The van der Waals surface area contributed by atoms with Crippen molar-refractivity contribution < 1.29 is 9.53 Å². The summed E-state index contributed by atoms with van der Waals surface area (Å²) in [5.74, 6) is 0.677. The Morgan fingerprint density at radius 3 is 2.65 bits per heavy atom. The first-order chi connectivity index (χ1) is 12.5. The lowest BCUT2D eigenvalue weighted by Crippen LogP contribution is -2.25. The van der Waals surface area contributed by atoms with Gasteiger partial charge in [0.2, 0.25) is 5.91 Å². The number of carbonyl (C=O) groups is 1. The summed E-state index contributed by atoms with van der Waals surface area (Å²) in [4.78, 5) is 12.1. The van der Waals surface area contributed by atoms with Crippen LogP contribution in [-0.4, -0.2) is 29.6 Å². The fourth-order valence-corrected chi connectivity index (χ4v) is 3.59. The van der Waals surface area contributed by atoms with Crippen molar-refractivity contribution in [3.05, 3.63) is 63.6 Å². The third kappa shape index (κ3) is 4.78. The Morgan fingerprint density at radius 1 is 1.19 bits per heavy atom. The molecule has 0 saturated carbocycles. The highest BCUT2D eigenvalue weighted by molar-refractivity contribution is 8.15. The molecule has 3 rings (SSSR count). The topological polar surface area (TPSA) is 63.1 Å². The number of carbonyl (C=O) groups excluding carboxylic acids is 1. The number of hydrogen-bond acceptors (Lipinski definition) is 5. The van der Waals surface area contributed by atoms with Gasteiger partial charge in [0.25, 0.3) is 0 Å². The molecule has 1 aliphatic rings. The summed E-state index contributed by atoms with van der Waals surface area (Å²) in [5.41, 5.74) is 1.83. The van der Waals surface area contributed by atoms with Crippen LogP contribution in [0.3, 0.4) is 0 Å². The molecule has 1 atom stereocenters. The number of benzene rings is 2. The van der Waals surface area contributed by atoms with E-state index in [1.165, 1.54) is 11.8 Å². The van der Waals surface area contributed by atoms with E-state index >= 15 is 0 Å². The fourth-order valence-electron chi connectivity index (χ4n) is 2.31. The Morgan fingerprint density at radius 2 is 1.96 bits per heavy atom. The van der Waals surface area contributed by atoms with Crippen LogP contribution in [0.5, 0.6) is 5.75 Å². The lowest BCUT2D eigenvalue weighted by Gasteiger charge is -2.06. The van der Waals surface area contributed by atoms with E-state index < -0.39 is 0 Å². The minimum Gasteiger partial charge on any atom is -0.497 e. The number of halogens is 2. The molecule has 1 saturated heterocycles. The molecule has 1 N–H and O–H groups in total. The summed E-state index contributed by atoms with van der Waals surface area (Å²) in [5, 5.41) is 12.0. The number of thioether (sulfide) groups is 1. The van der Waals surface area contributed by atoms with Gasteiger partial charge in [0.05, 0.1) is 28.6 Å². The van der Waals surface area contributed by atoms with Crippen LogP contribution < -0.4 is 10.1 Å². The van der Waals surface area contributed by atoms with Crippen molar-refractivity contribution in [2.45, 2.75) is 11.7 Å². The van der Waals surface area contributed by atoms with E-state index in [-0.39, 0.29) is 11.2 Å². The predicted molar refractivity (Wildman–Crippen MR) is 108 cm³/mol. The molecule has 5 nitrogen and oxygen atoms in total. The molecule has 8 heteroatoms. The molecule has 1 aliphatic heterocycles. The molecule has 2 aromatic carbocycles. The molecule has 26 heavy (non-hydrogen) atoms. The van der Waals surface area contributed by atoms with Gasteiger partial charge in [0, 0.05) is 0 Å². The van der Waals surface area contributed by atoms with E-state index in [2.05, 4.69) is 15.5 Å². The summed E-state index contributed by atoms with van der Waals surface area (Å²) >= 11 is 13.3. The zero-order chi connectivity index (χ0) is 18.5. The van der Waals surface area contributed by atoms with Crippen molar-refractivity contribution in [1.29, 1.82) is 0 Å². The Balaban J connectivity index is 1.61. The van der Waals surface area contributed by atoms with Crippen molar-refractivity contribution in [1.82, 2.24) is 5.32 Å². The Labute approximate surface area is 165 Å². The smallest absolute Gasteiger partial charge is 0.239 e. The van der Waals surface area contributed by atoms with Crippen LogP contribution in [0, 0.1) is 0 Å². The van der Waals surface area contributed by atoms with Gasteiger partial charge in [-0.2, -0.15) is 5.10 Å². The van der Waals surface area contributed by atoms with Crippen LogP contribution in [0.2, 0.25) is 10.0 Å². The zero-order valence-electron chi connectivity index (χ0n) is 13.8. The number of rotatable bonds is 5. The molecule has 0 bridgehead atoms. The molecule has 134 valence electrons. The number of ether oxygens (including phenoxy) is 1. The molecule has 0 spiro atoms. The van der Waals surface area contributed by atoms with Gasteiger partial charge in [-0.25, -0.2) is 0 Å². The van der Waals surface area contributed by atoms with Crippen molar-refractivity contribution in [2.75, 3.05) is 7.11 Å². The second-order valence-corrected chi connectivity index (χ2v) is 7.48. The predicted octanol–water partition coefficient (Wildman–Crippen LogP) is 4.17. The van der Waals surface area contributed by atoms with Gasteiger partial charge >= 0.3 is 0 Å². The first-order valence-electron chi connectivity index (χ1n) is 7.71. The summed E-state index contributed by atoms with van der Waals surface area (Å²) < 4.78 is 5.10. The second kappa shape index (κ2) is 8.58. The van der Waals surface area contributed by atoms with E-state index in [9.17, 15) is 4.79 Å². The molecule has 0 radical (unpaired) electrons. The Hall–Kier alpha value is -2.02. The number of amides is 1. The maximum Gasteiger partial charge on any atom is 0.239 e. The summed E-state index contributed by atoms with van der Waals surface area (Å²) in [6.07, 6.45) is 2.15. The van der Waals surface area contributed by atoms with Crippen LogP contribution in [0.1, 0.15) is 11.1 Å². The minimum absolute atomic E-state index is 0.0977. The number of nitrogens with one attached hydrogen (secondary N) is 1. The highest BCUT2D eigenvalue weighted by Crippen LogP contribution is 2.27. The Kier molecular flexibility index (Phi) is 6.19. The van der Waals surface area contributed by atoms with Gasteiger partial charge in [-0.1, -0.05) is 41.0 Å². The van der Waals surface area contributed by atoms with Crippen molar-refractivity contribution in [2.24, 2.45) is 10.2 Å². The van der Waals surface area contributed by atoms with Crippen LogP contribution in [-0.2, 0) is 11.2 Å². The van der Waals surface area contributed by atoms with Crippen LogP contribution in [0.4, 0.5) is 0 Å². The van der Waals surface area contributed by atoms with Gasteiger partial charge in [-0.05, 0) is 53.9 Å². The fraction of sp³-hybridized carbons (Fsp3) is 0.167. The lowest BCUT2D eigenvalue weighted by molar-refractivity contribution is -0.118. The van der Waals surface area contributed by atoms with E-state index in [1.54, 1.807) is 25.5 Å². The average molecular weight is 408 g/mol. The van der Waals surface area contributed by atoms with Crippen LogP contribution in [0.15, 0.2) is 52.7 Å². The lowest BCUT2D eigenvalue weighted by atomic mass is 10.1. The molecule has 0 unspecified atom stereocenters. The molecule has 2 aromatic rings. The molecular formula is C18H15Cl2N3O2S. The normalized spacial score (nSPS) is 18.5. The van der Waals surface area contributed by atoms with Gasteiger partial charge in [0.1, 0.15) is 5.75 Å². The zero-order valence-corrected chi connectivity index (χ0v) is 16.1. The molecule has 0 aliphatic carbocycles. The molecule has 0 aromatic heterocycles. The maximum atomic E-state index is 12.1. The van der Waals surface area contributed by atoms with Gasteiger partial charge in [-0.15, -0.1) is 5.10 Å². The van der Waals surface area contributed by atoms with E-state index in [1.807, 2.05) is 30.3 Å². The summed E-state index contributed by atoms with van der Waals surface area (Å²) in [7, 11) is 1.61. The van der Waals surface area contributed by atoms with Gasteiger partial charge in [0.15, 0.2) is 5.17 Å². The van der Waals surface area contributed by atoms with Gasteiger partial charge in [-0.3, -0.25) is 4.79 Å². The quantitative estimate of drug-likeness (QED) is 0.597. The highest BCUT2D eigenvalue weighted by atomic mass is 35.5. The molecule has 1 heterocycles. The third-order valence-electron chi connectivity index (χ3n) is 3.65. The largest absolute Gasteiger partial charge is 0.497 e. The minimum atomic E-state index is -0.276. The second-order valence-electron chi connectivity index (χ2n) is 5.47. The SMILES string of the molecule is COc1ccc(/C=N\N=C2/NC(=O)[C@H](Cc3ccc(Cl)c(Cl)c3)S2)cc1. The summed E-state index contributed by atoms with van der Waals surface area (Å²) in [6.45, 7) is 0. The standard InChI is InChI=1S/C18H15Cl2N3O2S/c1-25-13-5-2-11(3-6-13)10-21-23-18-22-17(24)16(26-18)9-12-4-7-14(19)15(20)8-12/h2-8,10,16H,9H2,1H3,(H,22,23,24)/b21-10-/t16-/m0/s1. The van der Waals surface area contributed by atoms with E-state index in [0.717, 1.165) is 16.9 Å².